The average molecular weight is 244 g/mol. The van der Waals surface area contributed by atoms with Crippen molar-refractivity contribution < 1.29 is 4.21 Å². The van der Waals surface area contributed by atoms with Crippen LogP contribution in [0.25, 0.3) is 0 Å². The topological polar surface area (TPSA) is 43.1 Å². The second-order valence-corrected chi connectivity index (χ2v) is 5.92. The van der Waals surface area contributed by atoms with Crippen LogP contribution in [0.5, 0.6) is 0 Å². The largest absolute Gasteiger partial charge is 0.399 e. The van der Waals surface area contributed by atoms with Gasteiger partial charge in [-0.15, -0.1) is 0 Å². The number of anilines is 1. The van der Waals surface area contributed by atoms with E-state index in [-0.39, 0.29) is 0 Å². The van der Waals surface area contributed by atoms with Crippen molar-refractivity contribution in [3.63, 3.8) is 0 Å². The van der Waals surface area contributed by atoms with Gasteiger partial charge in [0.2, 0.25) is 0 Å². The first-order valence-corrected chi connectivity index (χ1v) is 6.80. The van der Waals surface area contributed by atoms with Crippen molar-refractivity contribution >= 4 is 28.1 Å². The van der Waals surface area contributed by atoms with Crippen molar-refractivity contribution in [3.05, 3.63) is 23.2 Å². The molecular weight excluding hydrogens is 230 g/mol. The maximum absolute atomic E-state index is 11.9. The highest BCUT2D eigenvalue weighted by Gasteiger charge is 2.22. The van der Waals surface area contributed by atoms with E-state index in [1.54, 1.807) is 18.2 Å². The van der Waals surface area contributed by atoms with Crippen LogP contribution in [0.15, 0.2) is 23.1 Å². The maximum Gasteiger partial charge on any atom is 0.0587 e. The molecule has 4 heteroatoms. The first kappa shape index (κ1) is 11.0. The molecule has 0 bridgehead atoms. The monoisotopic (exact) mass is 243 g/mol. The Morgan fingerprint density at radius 3 is 2.80 bits per heavy atom. The smallest absolute Gasteiger partial charge is 0.0587 e. The predicted molar refractivity (Wildman–Crippen MR) is 64.5 cm³/mol. The number of hydrogen-bond acceptors (Lipinski definition) is 2. The first-order chi connectivity index (χ1) is 7.16. The molecule has 2 N–H and O–H groups in total. The molecule has 0 aliphatic heterocycles. The number of hydrogen-bond donors (Lipinski definition) is 1. The van der Waals surface area contributed by atoms with Crippen LogP contribution in [0.1, 0.15) is 19.3 Å². The Bertz CT molecular complexity index is 390. The van der Waals surface area contributed by atoms with Gasteiger partial charge in [0, 0.05) is 11.4 Å². The summed E-state index contributed by atoms with van der Waals surface area (Å²) in [5, 5.41) is 0.518. The SMILES string of the molecule is Nc1ccc(S(=O)CCC2CC2)c(Cl)c1. The Morgan fingerprint density at radius 2 is 2.20 bits per heavy atom. The summed E-state index contributed by atoms with van der Waals surface area (Å²) >= 11 is 5.98. The van der Waals surface area contributed by atoms with E-state index >= 15 is 0 Å². The predicted octanol–water partition coefficient (Wildman–Crippen LogP) is 2.83. The van der Waals surface area contributed by atoms with Crippen LogP contribution < -0.4 is 5.73 Å². The van der Waals surface area contributed by atoms with Gasteiger partial charge in [-0.1, -0.05) is 24.4 Å². The quantitative estimate of drug-likeness (QED) is 0.827. The van der Waals surface area contributed by atoms with E-state index in [1.165, 1.54) is 12.8 Å². The fourth-order valence-electron chi connectivity index (χ4n) is 1.49. The lowest BCUT2D eigenvalue weighted by molar-refractivity contribution is 0.676. The zero-order valence-electron chi connectivity index (χ0n) is 8.41. The van der Waals surface area contributed by atoms with Gasteiger partial charge in [-0.05, 0) is 30.5 Å². The minimum atomic E-state index is -0.971. The zero-order chi connectivity index (χ0) is 10.8. The average Bonchev–Trinajstić information content (AvgIpc) is 2.97. The highest BCUT2D eigenvalue weighted by Crippen LogP contribution is 2.33. The van der Waals surface area contributed by atoms with Crippen LogP contribution in [0, 0.1) is 5.92 Å². The Balaban J connectivity index is 2.03. The third-order valence-electron chi connectivity index (χ3n) is 2.61. The molecule has 0 saturated heterocycles. The van der Waals surface area contributed by atoms with Crippen molar-refractivity contribution in [1.82, 2.24) is 0 Å². The summed E-state index contributed by atoms with van der Waals surface area (Å²) in [5.74, 6) is 1.52. The van der Waals surface area contributed by atoms with Crippen LogP contribution >= 0.6 is 11.6 Å². The molecule has 1 aromatic carbocycles. The Kier molecular flexibility index (Phi) is 3.32. The van der Waals surface area contributed by atoms with Crippen molar-refractivity contribution in [3.8, 4) is 0 Å². The van der Waals surface area contributed by atoms with Gasteiger partial charge in [-0.25, -0.2) is 0 Å². The molecule has 15 heavy (non-hydrogen) atoms. The van der Waals surface area contributed by atoms with Gasteiger partial charge in [-0.2, -0.15) is 0 Å². The van der Waals surface area contributed by atoms with E-state index in [2.05, 4.69) is 0 Å². The number of rotatable bonds is 4. The molecule has 1 saturated carbocycles. The summed E-state index contributed by atoms with van der Waals surface area (Å²) in [4.78, 5) is 0.714. The standard InChI is InChI=1S/C11H14ClNOS/c12-10-7-9(13)3-4-11(10)15(14)6-5-8-1-2-8/h3-4,7-8H,1-2,5-6,13H2. The summed E-state index contributed by atoms with van der Waals surface area (Å²) in [7, 11) is -0.971. The van der Waals surface area contributed by atoms with Gasteiger partial charge in [-0.3, -0.25) is 4.21 Å². The fraction of sp³-hybridized carbons (Fsp3) is 0.455. The number of nitrogen functional groups attached to an aromatic ring is 1. The van der Waals surface area contributed by atoms with Crippen LogP contribution in [0.2, 0.25) is 5.02 Å². The van der Waals surface area contributed by atoms with Crippen LogP contribution in [0.3, 0.4) is 0 Å². The second-order valence-electron chi connectivity index (χ2n) is 3.97. The first-order valence-electron chi connectivity index (χ1n) is 5.10. The van der Waals surface area contributed by atoms with E-state index < -0.39 is 10.8 Å². The summed E-state index contributed by atoms with van der Waals surface area (Å²) in [5.41, 5.74) is 6.19. The van der Waals surface area contributed by atoms with E-state index in [4.69, 9.17) is 17.3 Å². The molecule has 0 amide bonds. The highest BCUT2D eigenvalue weighted by atomic mass is 35.5. The normalized spacial score (nSPS) is 17.7. The summed E-state index contributed by atoms with van der Waals surface area (Å²) in [6.07, 6.45) is 3.65. The van der Waals surface area contributed by atoms with Crippen LogP contribution in [-0.4, -0.2) is 9.96 Å². The molecule has 1 aliphatic carbocycles. The lowest BCUT2D eigenvalue weighted by Gasteiger charge is -2.04. The molecule has 1 fully saturated rings. The van der Waals surface area contributed by atoms with Crippen LogP contribution in [-0.2, 0) is 10.8 Å². The number of nitrogens with two attached hydrogens (primary N) is 1. The van der Waals surface area contributed by atoms with E-state index in [1.807, 2.05) is 0 Å². The van der Waals surface area contributed by atoms with E-state index in [9.17, 15) is 4.21 Å². The van der Waals surface area contributed by atoms with Crippen molar-refractivity contribution in [2.75, 3.05) is 11.5 Å². The Hall–Kier alpha value is -0.540. The van der Waals surface area contributed by atoms with E-state index in [0.717, 1.165) is 12.3 Å². The summed E-state index contributed by atoms with van der Waals surface area (Å²) < 4.78 is 11.9. The molecule has 1 aliphatic rings. The minimum Gasteiger partial charge on any atom is -0.399 e. The Labute approximate surface area is 97.3 Å². The van der Waals surface area contributed by atoms with Gasteiger partial charge >= 0.3 is 0 Å². The molecule has 2 nitrogen and oxygen atoms in total. The van der Waals surface area contributed by atoms with Gasteiger partial charge in [0.15, 0.2) is 0 Å². The maximum atomic E-state index is 11.9. The molecule has 0 spiro atoms. The molecule has 2 rings (SSSR count). The summed E-state index contributed by atoms with van der Waals surface area (Å²) in [6, 6.07) is 5.17. The molecule has 1 atom stereocenters. The Morgan fingerprint density at radius 1 is 1.47 bits per heavy atom. The van der Waals surface area contributed by atoms with Gasteiger partial charge < -0.3 is 5.73 Å². The molecule has 0 radical (unpaired) electrons. The number of benzene rings is 1. The number of halogens is 1. The summed E-state index contributed by atoms with van der Waals surface area (Å²) in [6.45, 7) is 0. The second kappa shape index (κ2) is 4.54. The molecule has 0 heterocycles. The van der Waals surface area contributed by atoms with E-state index in [0.29, 0.717) is 21.4 Å². The molecule has 82 valence electrons. The molecule has 1 unspecified atom stereocenters. The van der Waals surface area contributed by atoms with Gasteiger partial charge in [0.25, 0.3) is 0 Å². The third kappa shape index (κ3) is 2.95. The van der Waals surface area contributed by atoms with Gasteiger partial charge in [0.05, 0.1) is 20.7 Å². The third-order valence-corrected chi connectivity index (χ3v) is 4.49. The lowest BCUT2D eigenvalue weighted by Crippen LogP contribution is -2.00. The van der Waals surface area contributed by atoms with Crippen LogP contribution in [0.4, 0.5) is 5.69 Å². The minimum absolute atomic E-state index is 0.518. The fourth-order valence-corrected chi connectivity index (χ4v) is 3.20. The zero-order valence-corrected chi connectivity index (χ0v) is 9.98. The van der Waals surface area contributed by atoms with Crippen molar-refractivity contribution in [2.24, 2.45) is 5.92 Å². The highest BCUT2D eigenvalue weighted by molar-refractivity contribution is 7.85. The molecule has 0 aromatic heterocycles. The molecule has 1 aromatic rings. The van der Waals surface area contributed by atoms with Crippen molar-refractivity contribution in [2.45, 2.75) is 24.2 Å². The molecular formula is C11H14ClNOS. The lowest BCUT2D eigenvalue weighted by atomic mass is 10.3. The van der Waals surface area contributed by atoms with Crippen molar-refractivity contribution in [1.29, 1.82) is 0 Å². The van der Waals surface area contributed by atoms with Gasteiger partial charge in [0.1, 0.15) is 0 Å².